The van der Waals surface area contributed by atoms with Crippen molar-refractivity contribution in [1.82, 2.24) is 4.98 Å². The predicted molar refractivity (Wildman–Crippen MR) is 101 cm³/mol. The Morgan fingerprint density at radius 2 is 1.61 bits per heavy atom. The van der Waals surface area contributed by atoms with E-state index >= 15 is 0 Å². The van der Waals surface area contributed by atoms with Crippen molar-refractivity contribution < 1.29 is 22.3 Å². The third-order valence-electron chi connectivity index (χ3n) is 4.61. The highest BCUT2D eigenvalue weighted by Gasteiger charge is 2.18. The molecule has 0 saturated heterocycles. The molecule has 0 N–H and O–H groups in total. The van der Waals surface area contributed by atoms with Crippen LogP contribution in [-0.2, 0) is 0 Å². The first kappa shape index (κ1) is 18.1. The average Bonchev–Trinajstić information content (AvgIpc) is 3.07. The molecule has 142 valence electrons. The maximum Gasteiger partial charge on any atom is 0.230 e. The molecule has 0 aliphatic rings. The summed E-state index contributed by atoms with van der Waals surface area (Å²) in [6.45, 7) is 3.92. The highest BCUT2D eigenvalue weighted by atomic mass is 19.2. The van der Waals surface area contributed by atoms with Gasteiger partial charge in [0.1, 0.15) is 17.1 Å². The molecule has 0 aliphatic heterocycles. The highest BCUT2D eigenvalue weighted by molar-refractivity contribution is 5.82. The zero-order valence-electron chi connectivity index (χ0n) is 15.4. The first-order valence-corrected chi connectivity index (χ1v) is 8.58. The maximum absolute atomic E-state index is 14.0. The molecule has 0 amide bonds. The van der Waals surface area contributed by atoms with Crippen LogP contribution in [0.5, 0.6) is 5.75 Å². The molecular formula is C22H16F3NO2. The van der Waals surface area contributed by atoms with Crippen LogP contribution in [-0.4, -0.2) is 12.1 Å². The van der Waals surface area contributed by atoms with Gasteiger partial charge in [0, 0.05) is 6.07 Å². The third-order valence-corrected chi connectivity index (χ3v) is 4.61. The standard InChI is InChI=1S/C22H16F3NO2/c1-11-6-14(7-12(2)21(11)27-3)13-4-5-18-19(8-13)28-22(26-18)16-9-15(23)10-17(24)20(16)25/h4-10H,1-3H3. The van der Waals surface area contributed by atoms with E-state index in [2.05, 4.69) is 4.98 Å². The lowest BCUT2D eigenvalue weighted by Gasteiger charge is -2.11. The number of rotatable bonds is 3. The monoisotopic (exact) mass is 383 g/mol. The molecule has 3 aromatic carbocycles. The maximum atomic E-state index is 14.0. The lowest BCUT2D eigenvalue weighted by atomic mass is 9.99. The van der Waals surface area contributed by atoms with Crippen molar-refractivity contribution in [3.05, 3.63) is 71.0 Å². The quantitative estimate of drug-likeness (QED) is 0.395. The molecule has 0 radical (unpaired) electrons. The third kappa shape index (κ3) is 3.01. The molecule has 1 heterocycles. The van der Waals surface area contributed by atoms with E-state index in [1.54, 1.807) is 19.2 Å². The number of nitrogens with zero attached hydrogens (tertiary/aromatic N) is 1. The number of methoxy groups -OCH3 is 1. The van der Waals surface area contributed by atoms with Crippen molar-refractivity contribution >= 4 is 11.1 Å². The van der Waals surface area contributed by atoms with Crippen LogP contribution in [0.3, 0.4) is 0 Å². The molecule has 0 spiro atoms. The Kier molecular flexibility index (Phi) is 4.34. The second kappa shape index (κ2) is 6.71. The van der Waals surface area contributed by atoms with Crippen LogP contribution in [0, 0.1) is 31.3 Å². The first-order chi connectivity index (χ1) is 13.4. The summed E-state index contributed by atoms with van der Waals surface area (Å²) >= 11 is 0. The molecular weight excluding hydrogens is 367 g/mol. The van der Waals surface area contributed by atoms with Crippen molar-refractivity contribution in [2.75, 3.05) is 7.11 Å². The zero-order valence-corrected chi connectivity index (χ0v) is 15.4. The van der Waals surface area contributed by atoms with Crippen LogP contribution in [0.1, 0.15) is 11.1 Å². The number of hydrogen-bond acceptors (Lipinski definition) is 3. The van der Waals surface area contributed by atoms with Crippen molar-refractivity contribution in [2.45, 2.75) is 13.8 Å². The van der Waals surface area contributed by atoms with E-state index in [1.165, 1.54) is 0 Å². The van der Waals surface area contributed by atoms with Gasteiger partial charge in [0.05, 0.1) is 12.7 Å². The number of fused-ring (bicyclic) bond motifs is 1. The second-order valence-corrected chi connectivity index (χ2v) is 6.59. The topological polar surface area (TPSA) is 35.3 Å². The van der Waals surface area contributed by atoms with Gasteiger partial charge in [-0.3, -0.25) is 0 Å². The summed E-state index contributed by atoms with van der Waals surface area (Å²) in [5, 5.41) is 0. The molecule has 4 rings (SSSR count). The van der Waals surface area contributed by atoms with E-state index in [4.69, 9.17) is 9.15 Å². The lowest BCUT2D eigenvalue weighted by Crippen LogP contribution is -1.92. The van der Waals surface area contributed by atoms with Crippen LogP contribution in [0.25, 0.3) is 33.7 Å². The summed E-state index contributed by atoms with van der Waals surface area (Å²) in [5.74, 6) is -2.74. The van der Waals surface area contributed by atoms with Crippen LogP contribution in [0.15, 0.2) is 46.9 Å². The molecule has 0 atom stereocenters. The van der Waals surface area contributed by atoms with E-state index in [9.17, 15) is 13.2 Å². The molecule has 0 bridgehead atoms. The highest BCUT2D eigenvalue weighted by Crippen LogP contribution is 2.33. The van der Waals surface area contributed by atoms with Crippen LogP contribution in [0.4, 0.5) is 13.2 Å². The summed E-state index contributed by atoms with van der Waals surface area (Å²) in [5.41, 5.74) is 4.31. The average molecular weight is 383 g/mol. The molecule has 0 fully saturated rings. The molecule has 0 saturated carbocycles. The van der Waals surface area contributed by atoms with E-state index in [0.29, 0.717) is 17.2 Å². The first-order valence-electron chi connectivity index (χ1n) is 8.58. The number of oxazole rings is 1. The Labute approximate surface area is 159 Å². The molecule has 28 heavy (non-hydrogen) atoms. The Hall–Kier alpha value is -3.28. The Balaban J connectivity index is 1.82. The summed E-state index contributed by atoms with van der Waals surface area (Å²) in [6.07, 6.45) is 0. The van der Waals surface area contributed by atoms with Gasteiger partial charge in [-0.1, -0.05) is 6.07 Å². The minimum Gasteiger partial charge on any atom is -0.496 e. The van der Waals surface area contributed by atoms with Gasteiger partial charge in [0.15, 0.2) is 17.2 Å². The van der Waals surface area contributed by atoms with E-state index < -0.39 is 17.5 Å². The van der Waals surface area contributed by atoms with Crippen LogP contribution >= 0.6 is 0 Å². The Morgan fingerprint density at radius 3 is 2.29 bits per heavy atom. The lowest BCUT2D eigenvalue weighted by molar-refractivity contribution is 0.408. The van der Waals surface area contributed by atoms with Gasteiger partial charge in [-0.15, -0.1) is 0 Å². The number of benzene rings is 3. The van der Waals surface area contributed by atoms with E-state index in [0.717, 1.165) is 34.1 Å². The molecule has 6 heteroatoms. The van der Waals surface area contributed by atoms with Gasteiger partial charge in [0.2, 0.25) is 5.89 Å². The van der Waals surface area contributed by atoms with Gasteiger partial charge in [0.25, 0.3) is 0 Å². The van der Waals surface area contributed by atoms with E-state index in [1.807, 2.05) is 32.0 Å². The van der Waals surface area contributed by atoms with Gasteiger partial charge in [-0.25, -0.2) is 18.2 Å². The number of aryl methyl sites for hydroxylation is 2. The number of aromatic nitrogens is 1. The molecule has 0 unspecified atom stereocenters. The molecule has 3 nitrogen and oxygen atoms in total. The normalized spacial score (nSPS) is 11.2. The fourth-order valence-corrected chi connectivity index (χ4v) is 3.37. The summed E-state index contributed by atoms with van der Waals surface area (Å²) in [7, 11) is 1.63. The van der Waals surface area contributed by atoms with Crippen molar-refractivity contribution in [3.8, 4) is 28.3 Å². The van der Waals surface area contributed by atoms with Crippen molar-refractivity contribution in [2.24, 2.45) is 0 Å². The summed E-state index contributed by atoms with van der Waals surface area (Å²) in [6, 6.07) is 10.7. The molecule has 4 aromatic rings. The largest absolute Gasteiger partial charge is 0.496 e. The Bertz CT molecular complexity index is 1190. The fraction of sp³-hybridized carbons (Fsp3) is 0.136. The number of ether oxygens (including phenoxy) is 1. The summed E-state index contributed by atoms with van der Waals surface area (Å²) < 4.78 is 52.0. The Morgan fingerprint density at radius 1 is 0.893 bits per heavy atom. The fourth-order valence-electron chi connectivity index (χ4n) is 3.37. The number of halogens is 3. The second-order valence-electron chi connectivity index (χ2n) is 6.59. The van der Waals surface area contributed by atoms with Crippen LogP contribution in [0.2, 0.25) is 0 Å². The summed E-state index contributed by atoms with van der Waals surface area (Å²) in [4.78, 5) is 4.16. The smallest absolute Gasteiger partial charge is 0.230 e. The van der Waals surface area contributed by atoms with Gasteiger partial charge < -0.3 is 9.15 Å². The van der Waals surface area contributed by atoms with Gasteiger partial charge in [-0.2, -0.15) is 0 Å². The minimum atomic E-state index is -1.29. The van der Waals surface area contributed by atoms with Gasteiger partial charge >= 0.3 is 0 Å². The molecule has 1 aromatic heterocycles. The SMILES string of the molecule is COc1c(C)cc(-c2ccc3nc(-c4cc(F)cc(F)c4F)oc3c2)cc1C. The van der Waals surface area contributed by atoms with Crippen LogP contribution < -0.4 is 4.74 Å². The zero-order chi connectivity index (χ0) is 20.0. The van der Waals surface area contributed by atoms with Gasteiger partial charge in [-0.05, 0) is 66.4 Å². The molecule has 0 aliphatic carbocycles. The predicted octanol–water partition coefficient (Wildman–Crippen LogP) is 6.20. The van der Waals surface area contributed by atoms with Crippen molar-refractivity contribution in [1.29, 1.82) is 0 Å². The van der Waals surface area contributed by atoms with Crippen molar-refractivity contribution in [3.63, 3.8) is 0 Å². The minimum absolute atomic E-state index is 0.176. The van der Waals surface area contributed by atoms with E-state index in [-0.39, 0.29) is 11.5 Å². The number of hydrogen-bond donors (Lipinski definition) is 0.